The van der Waals surface area contributed by atoms with Crippen LogP contribution < -0.4 is 10.6 Å². The van der Waals surface area contributed by atoms with E-state index in [4.69, 9.17) is 0 Å². The molecular formula is C15H28N2O2. The number of nitrogens with one attached hydrogen (secondary N) is 2. The smallest absolute Gasteiger partial charge is 0.226 e. The van der Waals surface area contributed by atoms with Crippen molar-refractivity contribution in [1.82, 2.24) is 10.6 Å². The van der Waals surface area contributed by atoms with E-state index in [0.717, 1.165) is 45.2 Å². The molecule has 19 heavy (non-hydrogen) atoms. The van der Waals surface area contributed by atoms with Gasteiger partial charge in [-0.3, -0.25) is 4.79 Å². The molecule has 1 saturated carbocycles. The van der Waals surface area contributed by atoms with Crippen molar-refractivity contribution in [3.8, 4) is 0 Å². The summed E-state index contributed by atoms with van der Waals surface area (Å²) in [4.78, 5) is 12.5. The Balaban J connectivity index is 1.89. The van der Waals surface area contributed by atoms with E-state index in [1.54, 1.807) is 0 Å². The predicted molar refractivity (Wildman–Crippen MR) is 75.8 cm³/mol. The lowest BCUT2D eigenvalue weighted by Gasteiger charge is -2.38. The molecule has 4 heteroatoms. The zero-order valence-electron chi connectivity index (χ0n) is 12.2. The molecule has 1 saturated heterocycles. The van der Waals surface area contributed by atoms with Crippen molar-refractivity contribution >= 4 is 5.91 Å². The summed E-state index contributed by atoms with van der Waals surface area (Å²) in [5, 5.41) is 16.2. The van der Waals surface area contributed by atoms with Crippen molar-refractivity contribution in [2.45, 2.75) is 64.5 Å². The highest BCUT2D eigenvalue weighted by molar-refractivity contribution is 5.82. The summed E-state index contributed by atoms with van der Waals surface area (Å²) in [5.74, 6) is 0.565. The Morgan fingerprint density at radius 3 is 2.68 bits per heavy atom. The first-order chi connectivity index (χ1) is 9.00. The van der Waals surface area contributed by atoms with Crippen LogP contribution in [0.4, 0.5) is 0 Å². The normalized spacial score (nSPS) is 32.9. The standard InChI is InChI=1S/C15H28N2O2/c1-15(2,11-5-4-8-16-10-11)14(19)17-12-6-3-7-13(18)9-12/h11-13,16,18H,3-10H2,1-2H3,(H,17,19). The number of hydrogen-bond donors (Lipinski definition) is 3. The molecule has 1 aliphatic carbocycles. The summed E-state index contributed by atoms with van der Waals surface area (Å²) >= 11 is 0. The van der Waals surface area contributed by atoms with Gasteiger partial charge in [-0.2, -0.15) is 0 Å². The van der Waals surface area contributed by atoms with Gasteiger partial charge in [-0.15, -0.1) is 0 Å². The van der Waals surface area contributed by atoms with Crippen LogP contribution in [0.5, 0.6) is 0 Å². The van der Waals surface area contributed by atoms with Gasteiger partial charge in [0, 0.05) is 11.5 Å². The van der Waals surface area contributed by atoms with Gasteiger partial charge in [0.05, 0.1) is 6.10 Å². The molecule has 3 unspecified atom stereocenters. The Hall–Kier alpha value is -0.610. The van der Waals surface area contributed by atoms with Crippen LogP contribution >= 0.6 is 0 Å². The number of hydrogen-bond acceptors (Lipinski definition) is 3. The first-order valence-electron chi connectivity index (χ1n) is 7.70. The van der Waals surface area contributed by atoms with Gasteiger partial charge in [0.2, 0.25) is 5.91 Å². The molecule has 2 fully saturated rings. The zero-order valence-corrected chi connectivity index (χ0v) is 12.2. The fourth-order valence-electron chi connectivity index (χ4n) is 3.32. The number of aliphatic hydroxyl groups excluding tert-OH is 1. The molecule has 0 radical (unpaired) electrons. The summed E-state index contributed by atoms with van der Waals surface area (Å²) < 4.78 is 0. The Kier molecular flexibility index (Phi) is 4.85. The first kappa shape index (κ1) is 14.8. The summed E-state index contributed by atoms with van der Waals surface area (Å²) in [7, 11) is 0. The monoisotopic (exact) mass is 268 g/mol. The van der Waals surface area contributed by atoms with Crippen LogP contribution in [0.3, 0.4) is 0 Å². The van der Waals surface area contributed by atoms with E-state index in [1.165, 1.54) is 0 Å². The lowest BCUT2D eigenvalue weighted by Crippen LogP contribution is -2.51. The fourth-order valence-corrected chi connectivity index (χ4v) is 3.32. The third kappa shape index (κ3) is 3.69. The van der Waals surface area contributed by atoms with Gasteiger partial charge in [0.15, 0.2) is 0 Å². The largest absolute Gasteiger partial charge is 0.393 e. The van der Waals surface area contributed by atoms with Gasteiger partial charge >= 0.3 is 0 Å². The van der Waals surface area contributed by atoms with E-state index >= 15 is 0 Å². The molecule has 0 spiro atoms. The molecule has 4 nitrogen and oxygen atoms in total. The highest BCUT2D eigenvalue weighted by Crippen LogP contribution is 2.32. The molecule has 3 N–H and O–H groups in total. The molecular weight excluding hydrogens is 240 g/mol. The molecule has 110 valence electrons. The Labute approximate surface area is 116 Å². The van der Waals surface area contributed by atoms with Crippen LogP contribution in [0.15, 0.2) is 0 Å². The molecule has 2 aliphatic rings. The summed E-state index contributed by atoms with van der Waals surface area (Å²) in [6.45, 7) is 6.12. The lowest BCUT2D eigenvalue weighted by atomic mass is 9.74. The van der Waals surface area contributed by atoms with Crippen LogP contribution in [-0.2, 0) is 4.79 Å². The Morgan fingerprint density at radius 1 is 1.26 bits per heavy atom. The number of rotatable bonds is 3. The molecule has 0 aromatic carbocycles. The summed E-state index contributed by atoms with van der Waals surface area (Å²) in [6, 6.07) is 0.159. The van der Waals surface area contributed by atoms with E-state index in [9.17, 15) is 9.90 Å². The number of amides is 1. The van der Waals surface area contributed by atoms with Crippen LogP contribution in [0.1, 0.15) is 52.4 Å². The van der Waals surface area contributed by atoms with Gasteiger partial charge < -0.3 is 15.7 Å². The maximum Gasteiger partial charge on any atom is 0.226 e. The minimum Gasteiger partial charge on any atom is -0.393 e. The predicted octanol–water partition coefficient (Wildman–Crippen LogP) is 1.43. The van der Waals surface area contributed by atoms with Crippen molar-refractivity contribution in [1.29, 1.82) is 0 Å². The molecule has 2 rings (SSSR count). The zero-order chi connectivity index (χ0) is 13.9. The molecule has 0 aromatic rings. The number of piperidine rings is 1. The van der Waals surface area contributed by atoms with Gasteiger partial charge in [-0.05, 0) is 57.5 Å². The van der Waals surface area contributed by atoms with Crippen LogP contribution in [-0.4, -0.2) is 36.2 Å². The SMILES string of the molecule is CC(C)(C(=O)NC1CCCC(O)C1)C1CCCNC1. The van der Waals surface area contributed by atoms with E-state index < -0.39 is 0 Å². The Morgan fingerprint density at radius 2 is 2.05 bits per heavy atom. The number of carbonyl (C=O) groups excluding carboxylic acids is 1. The fraction of sp³-hybridized carbons (Fsp3) is 0.933. The molecule has 0 aromatic heterocycles. The third-order valence-corrected chi connectivity index (χ3v) is 4.88. The molecule has 1 aliphatic heterocycles. The van der Waals surface area contributed by atoms with Gasteiger partial charge in [0.1, 0.15) is 0 Å². The summed E-state index contributed by atoms with van der Waals surface area (Å²) in [5.41, 5.74) is -0.324. The third-order valence-electron chi connectivity index (χ3n) is 4.88. The lowest BCUT2D eigenvalue weighted by molar-refractivity contribution is -0.133. The maximum atomic E-state index is 12.5. The van der Waals surface area contributed by atoms with Crippen molar-refractivity contribution < 1.29 is 9.90 Å². The number of carbonyl (C=O) groups is 1. The molecule has 0 bridgehead atoms. The van der Waals surface area contributed by atoms with Crippen molar-refractivity contribution in [2.24, 2.45) is 11.3 Å². The van der Waals surface area contributed by atoms with Crippen LogP contribution in [0, 0.1) is 11.3 Å². The quantitative estimate of drug-likeness (QED) is 0.725. The van der Waals surface area contributed by atoms with E-state index in [-0.39, 0.29) is 23.5 Å². The molecule has 1 amide bonds. The average Bonchev–Trinajstić information content (AvgIpc) is 2.39. The van der Waals surface area contributed by atoms with Gasteiger partial charge in [-0.25, -0.2) is 0 Å². The Bertz CT molecular complexity index is 311. The number of aliphatic hydroxyl groups is 1. The second-order valence-electron chi connectivity index (χ2n) is 6.76. The van der Waals surface area contributed by atoms with Crippen molar-refractivity contribution in [2.75, 3.05) is 13.1 Å². The van der Waals surface area contributed by atoms with Crippen LogP contribution in [0.25, 0.3) is 0 Å². The van der Waals surface area contributed by atoms with Crippen molar-refractivity contribution in [3.63, 3.8) is 0 Å². The van der Waals surface area contributed by atoms with E-state index in [1.807, 2.05) is 0 Å². The van der Waals surface area contributed by atoms with Gasteiger partial charge in [0.25, 0.3) is 0 Å². The minimum atomic E-state index is -0.324. The van der Waals surface area contributed by atoms with Crippen LogP contribution in [0.2, 0.25) is 0 Å². The minimum absolute atomic E-state index is 0.153. The highest BCUT2D eigenvalue weighted by Gasteiger charge is 2.38. The highest BCUT2D eigenvalue weighted by atomic mass is 16.3. The molecule has 3 atom stereocenters. The van der Waals surface area contributed by atoms with Gasteiger partial charge in [-0.1, -0.05) is 13.8 Å². The topological polar surface area (TPSA) is 61.4 Å². The summed E-state index contributed by atoms with van der Waals surface area (Å²) in [6.07, 6.45) is 5.65. The van der Waals surface area contributed by atoms with Crippen molar-refractivity contribution in [3.05, 3.63) is 0 Å². The van der Waals surface area contributed by atoms with E-state index in [2.05, 4.69) is 24.5 Å². The first-order valence-corrected chi connectivity index (χ1v) is 7.70. The average molecular weight is 268 g/mol. The van der Waals surface area contributed by atoms with E-state index in [0.29, 0.717) is 12.3 Å². The second-order valence-corrected chi connectivity index (χ2v) is 6.76. The molecule has 1 heterocycles. The maximum absolute atomic E-state index is 12.5. The second kappa shape index (κ2) is 6.23.